The molecule has 0 aliphatic carbocycles. The monoisotopic (exact) mass is 286 g/mol. The molecule has 0 aliphatic rings. The van der Waals surface area contributed by atoms with Crippen molar-refractivity contribution in [2.45, 2.75) is 6.54 Å². The Kier molecular flexibility index (Phi) is 3.33. The highest BCUT2D eigenvalue weighted by molar-refractivity contribution is 9.10. The third-order valence-corrected chi connectivity index (χ3v) is 3.80. The van der Waals surface area contributed by atoms with Gasteiger partial charge in [-0.2, -0.15) is 4.39 Å². The molecule has 2 heterocycles. The fraction of sp³-hybridized carbons (Fsp3) is 0.100. The standard InChI is InChI=1S/C10H8BrFN2S/c11-8-2-4-15-9(8)6-14-7-1-3-13-10(12)5-7/h1-5H,6H2,(H,13,14). The van der Waals surface area contributed by atoms with Crippen molar-refractivity contribution in [3.8, 4) is 0 Å². The van der Waals surface area contributed by atoms with E-state index in [0.29, 0.717) is 6.54 Å². The first-order chi connectivity index (χ1) is 7.25. The molecule has 2 rings (SSSR count). The molecule has 2 nitrogen and oxygen atoms in total. The average molecular weight is 287 g/mol. The molecule has 0 fully saturated rings. The van der Waals surface area contributed by atoms with Gasteiger partial charge in [0.15, 0.2) is 0 Å². The molecule has 0 spiro atoms. The molecular weight excluding hydrogens is 279 g/mol. The summed E-state index contributed by atoms with van der Waals surface area (Å²) in [6, 6.07) is 5.11. The van der Waals surface area contributed by atoms with Crippen molar-refractivity contribution in [2.75, 3.05) is 5.32 Å². The lowest BCUT2D eigenvalue weighted by atomic mass is 10.4. The normalized spacial score (nSPS) is 10.3. The van der Waals surface area contributed by atoms with E-state index in [-0.39, 0.29) is 0 Å². The molecule has 2 aromatic heterocycles. The third kappa shape index (κ3) is 2.76. The summed E-state index contributed by atoms with van der Waals surface area (Å²) in [5, 5.41) is 5.14. The van der Waals surface area contributed by atoms with E-state index >= 15 is 0 Å². The van der Waals surface area contributed by atoms with E-state index in [2.05, 4.69) is 26.2 Å². The molecule has 78 valence electrons. The van der Waals surface area contributed by atoms with E-state index in [1.54, 1.807) is 17.4 Å². The quantitative estimate of drug-likeness (QED) is 0.871. The molecule has 5 heteroatoms. The molecule has 15 heavy (non-hydrogen) atoms. The van der Waals surface area contributed by atoms with Gasteiger partial charge < -0.3 is 5.32 Å². The Labute approximate surface area is 99.3 Å². The predicted molar refractivity (Wildman–Crippen MR) is 63.5 cm³/mol. The molecule has 0 aliphatic heterocycles. The summed E-state index contributed by atoms with van der Waals surface area (Å²) in [7, 11) is 0. The summed E-state index contributed by atoms with van der Waals surface area (Å²) in [6.45, 7) is 0.682. The number of aromatic nitrogens is 1. The van der Waals surface area contributed by atoms with Gasteiger partial charge >= 0.3 is 0 Å². The second-order valence-electron chi connectivity index (χ2n) is 2.91. The number of pyridine rings is 1. The van der Waals surface area contributed by atoms with Crippen LogP contribution in [0.1, 0.15) is 4.88 Å². The highest BCUT2D eigenvalue weighted by Crippen LogP contribution is 2.23. The summed E-state index contributed by atoms with van der Waals surface area (Å²) in [5.74, 6) is -0.467. The number of hydrogen-bond donors (Lipinski definition) is 1. The first kappa shape index (κ1) is 10.6. The maximum Gasteiger partial charge on any atom is 0.214 e. The average Bonchev–Trinajstić information content (AvgIpc) is 2.61. The van der Waals surface area contributed by atoms with E-state index in [0.717, 1.165) is 10.2 Å². The van der Waals surface area contributed by atoms with Crippen LogP contribution in [0.3, 0.4) is 0 Å². The molecule has 2 aromatic rings. The Morgan fingerprint density at radius 1 is 1.47 bits per heavy atom. The van der Waals surface area contributed by atoms with E-state index < -0.39 is 5.95 Å². The minimum absolute atomic E-state index is 0.467. The SMILES string of the molecule is Fc1cc(NCc2sccc2Br)ccn1. The van der Waals surface area contributed by atoms with Gasteiger partial charge in [0, 0.05) is 27.3 Å². The molecule has 1 N–H and O–H groups in total. The van der Waals surface area contributed by atoms with Gasteiger partial charge in [-0.15, -0.1) is 11.3 Å². The van der Waals surface area contributed by atoms with E-state index in [1.807, 2.05) is 11.4 Å². The zero-order chi connectivity index (χ0) is 10.7. The van der Waals surface area contributed by atoms with Gasteiger partial charge in [0.2, 0.25) is 5.95 Å². The summed E-state index contributed by atoms with van der Waals surface area (Å²) >= 11 is 5.09. The number of rotatable bonds is 3. The van der Waals surface area contributed by atoms with E-state index in [4.69, 9.17) is 0 Å². The second-order valence-corrected chi connectivity index (χ2v) is 4.77. The molecule has 0 saturated carbocycles. The van der Waals surface area contributed by atoms with Crippen molar-refractivity contribution >= 4 is 33.0 Å². The van der Waals surface area contributed by atoms with Crippen LogP contribution >= 0.6 is 27.3 Å². The molecule has 0 radical (unpaired) electrons. The summed E-state index contributed by atoms with van der Waals surface area (Å²) in [6.07, 6.45) is 1.45. The first-order valence-corrected chi connectivity index (χ1v) is 6.00. The number of anilines is 1. The Hall–Kier alpha value is -0.940. The third-order valence-electron chi connectivity index (χ3n) is 1.87. The van der Waals surface area contributed by atoms with Gasteiger partial charge in [-0.1, -0.05) is 0 Å². The van der Waals surface area contributed by atoms with Crippen molar-refractivity contribution < 1.29 is 4.39 Å². The van der Waals surface area contributed by atoms with Gasteiger partial charge in [-0.3, -0.25) is 0 Å². The van der Waals surface area contributed by atoms with Crippen molar-refractivity contribution in [2.24, 2.45) is 0 Å². The van der Waals surface area contributed by atoms with Crippen LogP contribution in [0.4, 0.5) is 10.1 Å². The molecule has 0 amide bonds. The maximum absolute atomic E-state index is 12.8. The number of nitrogens with one attached hydrogen (secondary N) is 1. The van der Waals surface area contributed by atoms with Crippen LogP contribution < -0.4 is 5.32 Å². The van der Waals surface area contributed by atoms with Crippen LogP contribution in [-0.4, -0.2) is 4.98 Å². The lowest BCUT2D eigenvalue weighted by Gasteiger charge is -2.04. The van der Waals surface area contributed by atoms with E-state index in [1.165, 1.54) is 17.1 Å². The molecule has 0 bridgehead atoms. The van der Waals surface area contributed by atoms with Gasteiger partial charge in [0.1, 0.15) is 0 Å². The fourth-order valence-electron chi connectivity index (χ4n) is 1.15. The van der Waals surface area contributed by atoms with Gasteiger partial charge in [-0.25, -0.2) is 4.98 Å². The van der Waals surface area contributed by atoms with Crippen molar-refractivity contribution in [1.82, 2.24) is 4.98 Å². The van der Waals surface area contributed by atoms with Gasteiger partial charge in [-0.05, 0) is 33.4 Å². The van der Waals surface area contributed by atoms with Crippen LogP contribution in [0.15, 0.2) is 34.2 Å². The highest BCUT2D eigenvalue weighted by Gasteiger charge is 2.01. The smallest absolute Gasteiger partial charge is 0.214 e. The highest BCUT2D eigenvalue weighted by atomic mass is 79.9. The largest absolute Gasteiger partial charge is 0.380 e. The topological polar surface area (TPSA) is 24.9 Å². The van der Waals surface area contributed by atoms with Crippen molar-refractivity contribution in [3.63, 3.8) is 0 Å². The van der Waals surface area contributed by atoms with E-state index in [9.17, 15) is 4.39 Å². The molecule has 0 aromatic carbocycles. The fourth-order valence-corrected chi connectivity index (χ4v) is 2.58. The Balaban J connectivity index is 2.02. The van der Waals surface area contributed by atoms with Gasteiger partial charge in [0.25, 0.3) is 0 Å². The minimum Gasteiger partial charge on any atom is -0.380 e. The number of nitrogens with zero attached hydrogens (tertiary/aromatic N) is 1. The van der Waals surface area contributed by atoms with Crippen LogP contribution in [0.25, 0.3) is 0 Å². The van der Waals surface area contributed by atoms with Crippen LogP contribution in [0.2, 0.25) is 0 Å². The van der Waals surface area contributed by atoms with Crippen LogP contribution in [-0.2, 0) is 6.54 Å². The number of thiophene rings is 1. The maximum atomic E-state index is 12.8. The Morgan fingerprint density at radius 3 is 3.00 bits per heavy atom. The zero-order valence-corrected chi connectivity index (χ0v) is 10.1. The minimum atomic E-state index is -0.467. The molecule has 0 atom stereocenters. The first-order valence-electron chi connectivity index (χ1n) is 4.33. The molecule has 0 saturated heterocycles. The number of halogens is 2. The van der Waals surface area contributed by atoms with Gasteiger partial charge in [0.05, 0.1) is 6.54 Å². The van der Waals surface area contributed by atoms with Crippen molar-refractivity contribution in [3.05, 3.63) is 45.1 Å². The van der Waals surface area contributed by atoms with Crippen LogP contribution in [0, 0.1) is 5.95 Å². The summed E-state index contributed by atoms with van der Waals surface area (Å²) in [4.78, 5) is 4.68. The molecular formula is C10H8BrFN2S. The second kappa shape index (κ2) is 4.72. The summed E-state index contributed by atoms with van der Waals surface area (Å²) in [5.41, 5.74) is 0.739. The zero-order valence-electron chi connectivity index (χ0n) is 7.71. The predicted octanol–water partition coefficient (Wildman–Crippen LogP) is 3.66. The van der Waals surface area contributed by atoms with Crippen LogP contribution in [0.5, 0.6) is 0 Å². The Bertz CT molecular complexity index is 458. The lowest BCUT2D eigenvalue weighted by molar-refractivity contribution is 0.584. The molecule has 0 unspecified atom stereocenters. The summed E-state index contributed by atoms with van der Waals surface area (Å²) < 4.78 is 13.8. The Morgan fingerprint density at radius 2 is 2.33 bits per heavy atom. The van der Waals surface area contributed by atoms with Crippen molar-refractivity contribution in [1.29, 1.82) is 0 Å². The lowest BCUT2D eigenvalue weighted by Crippen LogP contribution is -1.98. The number of hydrogen-bond acceptors (Lipinski definition) is 3.